The lowest BCUT2D eigenvalue weighted by atomic mass is 10.1. The van der Waals surface area contributed by atoms with Crippen LogP contribution in [-0.4, -0.2) is 50.7 Å². The lowest BCUT2D eigenvalue weighted by Gasteiger charge is -2.35. The molecule has 3 rings (SSSR count). The Bertz CT molecular complexity index is 637. The number of nitrogens with zero attached hydrogens (tertiary/aromatic N) is 4. The van der Waals surface area contributed by atoms with Crippen molar-refractivity contribution in [3.8, 4) is 0 Å². The largest absolute Gasteiger partial charge is 0.377 e. The van der Waals surface area contributed by atoms with Crippen LogP contribution >= 0.6 is 0 Å². The van der Waals surface area contributed by atoms with Gasteiger partial charge in [0.05, 0.1) is 43.0 Å². The van der Waals surface area contributed by atoms with Gasteiger partial charge in [0.15, 0.2) is 0 Å². The van der Waals surface area contributed by atoms with Gasteiger partial charge >= 0.3 is 0 Å². The predicted molar refractivity (Wildman–Crippen MR) is 74.7 cm³/mol. The summed E-state index contributed by atoms with van der Waals surface area (Å²) in [6.07, 6.45) is 4.87. The Morgan fingerprint density at radius 2 is 2.19 bits per heavy atom. The molecule has 0 unspecified atom stereocenters. The molecule has 1 aliphatic rings. The molecule has 7 heteroatoms. The van der Waals surface area contributed by atoms with E-state index < -0.39 is 0 Å². The highest BCUT2D eigenvalue weighted by Crippen LogP contribution is 2.26. The van der Waals surface area contributed by atoms with Crippen LogP contribution in [0.1, 0.15) is 33.5 Å². The van der Waals surface area contributed by atoms with Gasteiger partial charge in [0, 0.05) is 12.7 Å². The maximum Gasteiger partial charge on any atom is 0.274 e. The highest BCUT2D eigenvalue weighted by molar-refractivity contribution is 5.92. The fourth-order valence-corrected chi connectivity index (χ4v) is 2.43. The van der Waals surface area contributed by atoms with E-state index in [-0.39, 0.29) is 11.9 Å². The van der Waals surface area contributed by atoms with Crippen LogP contribution < -0.4 is 0 Å². The molecule has 0 spiro atoms. The second kappa shape index (κ2) is 5.61. The molecule has 0 aliphatic carbocycles. The van der Waals surface area contributed by atoms with Crippen LogP contribution in [-0.2, 0) is 4.74 Å². The summed E-state index contributed by atoms with van der Waals surface area (Å²) in [7, 11) is 0. The zero-order valence-corrected chi connectivity index (χ0v) is 12.0. The maximum absolute atomic E-state index is 12.7. The van der Waals surface area contributed by atoms with Crippen LogP contribution in [0.5, 0.6) is 0 Å². The van der Waals surface area contributed by atoms with E-state index in [0.29, 0.717) is 25.5 Å². The topological polar surface area (TPSA) is 84.0 Å². The minimum atomic E-state index is -0.170. The minimum absolute atomic E-state index is 0.134. The normalized spacial score (nSPS) is 18.8. The quantitative estimate of drug-likeness (QED) is 0.892. The molecular weight excluding hydrogens is 270 g/mol. The Morgan fingerprint density at radius 1 is 1.33 bits per heavy atom. The number of carbonyl (C=O) groups is 1. The minimum Gasteiger partial charge on any atom is -0.377 e. The van der Waals surface area contributed by atoms with Gasteiger partial charge in [-0.1, -0.05) is 0 Å². The number of morpholine rings is 1. The smallest absolute Gasteiger partial charge is 0.274 e. The zero-order chi connectivity index (χ0) is 14.8. The first-order valence-electron chi connectivity index (χ1n) is 6.84. The van der Waals surface area contributed by atoms with Crippen molar-refractivity contribution in [3.05, 3.63) is 41.2 Å². The molecule has 2 aromatic rings. The second-order valence-electron chi connectivity index (χ2n) is 5.10. The Morgan fingerprint density at radius 3 is 2.86 bits per heavy atom. The number of H-pyrrole nitrogens is 1. The van der Waals surface area contributed by atoms with Gasteiger partial charge in [0.2, 0.25) is 0 Å². The van der Waals surface area contributed by atoms with E-state index in [0.717, 1.165) is 17.0 Å². The van der Waals surface area contributed by atoms with Gasteiger partial charge in [-0.2, -0.15) is 5.10 Å². The van der Waals surface area contributed by atoms with Gasteiger partial charge in [0.1, 0.15) is 5.69 Å². The molecule has 110 valence electrons. The molecule has 21 heavy (non-hydrogen) atoms. The van der Waals surface area contributed by atoms with Crippen LogP contribution in [0, 0.1) is 13.8 Å². The summed E-state index contributed by atoms with van der Waals surface area (Å²) in [5, 5.41) is 6.99. The maximum atomic E-state index is 12.7. The van der Waals surface area contributed by atoms with Gasteiger partial charge in [-0.05, 0) is 19.4 Å². The molecule has 0 bridgehead atoms. The molecule has 1 atom stereocenters. The predicted octanol–water partition coefficient (Wildman–Crippen LogP) is 1.03. The molecule has 1 saturated heterocycles. The number of nitrogens with one attached hydrogen (secondary N) is 1. The molecule has 0 saturated carbocycles. The average Bonchev–Trinajstić information content (AvgIpc) is 2.93. The number of hydrogen-bond donors (Lipinski definition) is 1. The molecule has 0 aromatic carbocycles. The number of aromatic amines is 1. The fourth-order valence-electron chi connectivity index (χ4n) is 2.43. The van der Waals surface area contributed by atoms with E-state index in [1.165, 1.54) is 6.20 Å². The first kappa shape index (κ1) is 13.7. The summed E-state index contributed by atoms with van der Waals surface area (Å²) in [6.45, 7) is 5.30. The molecule has 2 aromatic heterocycles. The molecule has 3 heterocycles. The van der Waals surface area contributed by atoms with Crippen molar-refractivity contribution in [1.82, 2.24) is 25.1 Å². The summed E-state index contributed by atoms with van der Waals surface area (Å²) in [5.41, 5.74) is 3.06. The van der Waals surface area contributed by atoms with Crippen molar-refractivity contribution in [3.63, 3.8) is 0 Å². The van der Waals surface area contributed by atoms with E-state index in [1.54, 1.807) is 17.3 Å². The highest BCUT2D eigenvalue weighted by Gasteiger charge is 2.32. The van der Waals surface area contributed by atoms with Gasteiger partial charge < -0.3 is 9.64 Å². The molecule has 1 aliphatic heterocycles. The first-order chi connectivity index (χ1) is 10.2. The number of rotatable bonds is 2. The second-order valence-corrected chi connectivity index (χ2v) is 5.10. The van der Waals surface area contributed by atoms with Crippen LogP contribution in [0.2, 0.25) is 0 Å². The number of carbonyl (C=O) groups excluding carboxylic acids is 1. The first-order valence-corrected chi connectivity index (χ1v) is 6.84. The molecule has 7 nitrogen and oxygen atoms in total. The molecule has 1 fully saturated rings. The van der Waals surface area contributed by atoms with Crippen molar-refractivity contribution in [2.24, 2.45) is 0 Å². The highest BCUT2D eigenvalue weighted by atomic mass is 16.5. The number of amides is 1. The molecule has 1 N–H and O–H groups in total. The van der Waals surface area contributed by atoms with Crippen molar-refractivity contribution < 1.29 is 9.53 Å². The van der Waals surface area contributed by atoms with Gasteiger partial charge in [-0.15, -0.1) is 0 Å². The van der Waals surface area contributed by atoms with Crippen molar-refractivity contribution >= 4 is 5.91 Å². The van der Waals surface area contributed by atoms with Crippen molar-refractivity contribution in [2.75, 3.05) is 19.8 Å². The van der Waals surface area contributed by atoms with E-state index >= 15 is 0 Å². The lowest BCUT2D eigenvalue weighted by molar-refractivity contribution is -0.00441. The van der Waals surface area contributed by atoms with E-state index in [4.69, 9.17) is 4.74 Å². The van der Waals surface area contributed by atoms with Crippen LogP contribution in [0.15, 0.2) is 18.6 Å². The number of aromatic nitrogens is 4. The lowest BCUT2D eigenvalue weighted by Crippen LogP contribution is -2.44. The Hall–Kier alpha value is -2.28. The van der Waals surface area contributed by atoms with E-state index in [9.17, 15) is 4.79 Å². The Balaban J connectivity index is 1.89. The summed E-state index contributed by atoms with van der Waals surface area (Å²) in [5.74, 6) is -0.134. The summed E-state index contributed by atoms with van der Waals surface area (Å²) < 4.78 is 5.52. The Kier molecular flexibility index (Phi) is 3.66. The van der Waals surface area contributed by atoms with Crippen LogP contribution in [0.25, 0.3) is 0 Å². The number of aryl methyl sites for hydroxylation is 2. The summed E-state index contributed by atoms with van der Waals surface area (Å²) in [6, 6.07) is -0.170. The van der Waals surface area contributed by atoms with Crippen molar-refractivity contribution in [2.45, 2.75) is 19.9 Å². The van der Waals surface area contributed by atoms with E-state index in [1.807, 2.05) is 13.8 Å². The third-order valence-corrected chi connectivity index (χ3v) is 3.59. The van der Waals surface area contributed by atoms with Gasteiger partial charge in [-0.3, -0.25) is 14.9 Å². The average molecular weight is 287 g/mol. The van der Waals surface area contributed by atoms with Gasteiger partial charge in [-0.25, -0.2) is 4.98 Å². The standard InChI is InChI=1S/C14H17N5O2/c1-9-5-17-18-13(9)12-8-21-4-3-19(12)14(20)11-7-15-10(2)6-16-11/h5-7,12H,3-4,8H2,1-2H3,(H,17,18)/t12-/m0/s1. The fraction of sp³-hybridized carbons (Fsp3) is 0.429. The summed E-state index contributed by atoms with van der Waals surface area (Å²) in [4.78, 5) is 22.7. The van der Waals surface area contributed by atoms with Crippen molar-refractivity contribution in [1.29, 1.82) is 0 Å². The SMILES string of the molecule is Cc1cnc(C(=O)N2CCOC[C@H]2c2[nH]ncc2C)cn1. The number of ether oxygens (including phenoxy) is 1. The summed E-state index contributed by atoms with van der Waals surface area (Å²) >= 11 is 0. The monoisotopic (exact) mass is 287 g/mol. The molecule has 0 radical (unpaired) electrons. The Labute approximate surface area is 122 Å². The van der Waals surface area contributed by atoms with Crippen LogP contribution in [0.3, 0.4) is 0 Å². The number of hydrogen-bond acceptors (Lipinski definition) is 5. The molecule has 1 amide bonds. The molecular formula is C14H17N5O2. The van der Waals surface area contributed by atoms with Gasteiger partial charge in [0.25, 0.3) is 5.91 Å². The van der Waals surface area contributed by atoms with Crippen LogP contribution in [0.4, 0.5) is 0 Å². The third-order valence-electron chi connectivity index (χ3n) is 3.59. The van der Waals surface area contributed by atoms with E-state index in [2.05, 4.69) is 20.2 Å². The third kappa shape index (κ3) is 2.64. The zero-order valence-electron chi connectivity index (χ0n) is 12.0.